The van der Waals surface area contributed by atoms with Gasteiger partial charge < -0.3 is 24.3 Å². The number of methoxy groups -OCH3 is 1. The van der Waals surface area contributed by atoms with Gasteiger partial charge in [0.2, 0.25) is 6.41 Å². The van der Waals surface area contributed by atoms with Crippen molar-refractivity contribution >= 4 is 12.3 Å². The first kappa shape index (κ1) is 38.8. The van der Waals surface area contributed by atoms with Gasteiger partial charge in [0.05, 0.1) is 12.7 Å². The standard InChI is InChI=1S/C32H42F6N2O6/c1-8-23-18-25(30(31(33,34)35,32(36,37)38)45-20-43-7)13-16-27(23)44-17-9-10-22(4)40(19-41)28(42)29(5,39-6)24-11-14-26(15-12-24)46-21(2)3/h11-16,18-19,21-22,39H,8-10,17,20H2,1-7H3. The molecule has 2 amide bonds. The zero-order valence-corrected chi connectivity index (χ0v) is 27.0. The molecule has 2 rings (SSSR count). The Kier molecular flexibility index (Phi) is 13.5. The van der Waals surface area contributed by atoms with E-state index in [4.69, 9.17) is 9.47 Å². The molecule has 2 aromatic carbocycles. The van der Waals surface area contributed by atoms with E-state index in [-0.39, 0.29) is 30.4 Å². The quantitative estimate of drug-likeness (QED) is 0.0878. The number of likely N-dealkylation sites (N-methyl/N-ethyl adjacent to an activating group) is 1. The molecule has 2 aromatic rings. The van der Waals surface area contributed by atoms with Gasteiger partial charge in [-0.2, -0.15) is 26.3 Å². The van der Waals surface area contributed by atoms with Crippen LogP contribution >= 0.6 is 0 Å². The molecule has 0 aliphatic rings. The van der Waals surface area contributed by atoms with Crippen LogP contribution in [0.1, 0.15) is 64.2 Å². The third kappa shape index (κ3) is 8.51. The van der Waals surface area contributed by atoms with Crippen LogP contribution in [-0.2, 0) is 36.6 Å². The average Bonchev–Trinajstić information content (AvgIpc) is 2.98. The molecule has 0 saturated heterocycles. The predicted octanol–water partition coefficient (Wildman–Crippen LogP) is 6.64. The number of nitrogens with zero attached hydrogens (tertiary/aromatic N) is 1. The third-order valence-electron chi connectivity index (χ3n) is 7.62. The summed E-state index contributed by atoms with van der Waals surface area (Å²) < 4.78 is 104. The van der Waals surface area contributed by atoms with Gasteiger partial charge in [0.25, 0.3) is 11.5 Å². The van der Waals surface area contributed by atoms with Crippen molar-refractivity contribution in [2.24, 2.45) is 0 Å². The van der Waals surface area contributed by atoms with Crippen molar-refractivity contribution in [1.29, 1.82) is 0 Å². The summed E-state index contributed by atoms with van der Waals surface area (Å²) in [6.07, 6.45) is -10.6. The number of benzene rings is 2. The van der Waals surface area contributed by atoms with Crippen molar-refractivity contribution in [2.75, 3.05) is 27.6 Å². The van der Waals surface area contributed by atoms with E-state index >= 15 is 0 Å². The molecule has 258 valence electrons. The fraction of sp³-hybridized carbons (Fsp3) is 0.562. The summed E-state index contributed by atoms with van der Waals surface area (Å²) in [5, 5.41) is 3.00. The number of alkyl halides is 6. The maximum Gasteiger partial charge on any atom is 0.430 e. The second kappa shape index (κ2) is 16.0. The lowest BCUT2D eigenvalue weighted by Gasteiger charge is -2.37. The van der Waals surface area contributed by atoms with Crippen LogP contribution in [-0.4, -0.2) is 69.3 Å². The van der Waals surface area contributed by atoms with Crippen LogP contribution in [0.15, 0.2) is 42.5 Å². The van der Waals surface area contributed by atoms with Gasteiger partial charge in [-0.1, -0.05) is 25.1 Å². The maximum atomic E-state index is 13.9. The topological polar surface area (TPSA) is 86.3 Å². The lowest BCUT2D eigenvalue weighted by Crippen LogP contribution is -2.56. The van der Waals surface area contributed by atoms with E-state index in [1.165, 1.54) is 0 Å². The molecular formula is C32H42F6N2O6. The molecule has 0 saturated carbocycles. The summed E-state index contributed by atoms with van der Waals surface area (Å²) in [7, 11) is 2.52. The van der Waals surface area contributed by atoms with Gasteiger partial charge in [0, 0.05) is 18.7 Å². The second-order valence-corrected chi connectivity index (χ2v) is 11.1. The summed E-state index contributed by atoms with van der Waals surface area (Å²) in [5.41, 5.74) is -6.29. The Morgan fingerprint density at radius 2 is 1.57 bits per heavy atom. The van der Waals surface area contributed by atoms with Gasteiger partial charge in [-0.05, 0) is 89.4 Å². The van der Waals surface area contributed by atoms with Gasteiger partial charge in [-0.3, -0.25) is 14.5 Å². The largest absolute Gasteiger partial charge is 0.493 e. The van der Waals surface area contributed by atoms with Crippen molar-refractivity contribution in [3.05, 3.63) is 59.2 Å². The Morgan fingerprint density at radius 1 is 0.978 bits per heavy atom. The van der Waals surface area contributed by atoms with Crippen molar-refractivity contribution in [1.82, 2.24) is 10.2 Å². The van der Waals surface area contributed by atoms with Gasteiger partial charge in [-0.25, -0.2) is 0 Å². The van der Waals surface area contributed by atoms with E-state index in [2.05, 4.69) is 14.8 Å². The van der Waals surface area contributed by atoms with E-state index < -0.39 is 47.8 Å². The minimum atomic E-state index is -5.84. The zero-order valence-electron chi connectivity index (χ0n) is 27.0. The number of carbonyl (C=O) groups is 2. The molecule has 0 fully saturated rings. The highest BCUT2D eigenvalue weighted by molar-refractivity contribution is 5.94. The van der Waals surface area contributed by atoms with Crippen molar-refractivity contribution in [3.63, 3.8) is 0 Å². The number of carbonyl (C=O) groups excluding carboxylic acids is 2. The number of aryl methyl sites for hydroxylation is 1. The molecule has 1 N–H and O–H groups in total. The minimum Gasteiger partial charge on any atom is -0.493 e. The summed E-state index contributed by atoms with van der Waals surface area (Å²) in [6.45, 7) is 7.45. The fourth-order valence-electron chi connectivity index (χ4n) is 4.92. The number of hydrogen-bond acceptors (Lipinski definition) is 7. The van der Waals surface area contributed by atoms with E-state index in [0.717, 1.165) is 24.1 Å². The van der Waals surface area contributed by atoms with Crippen LogP contribution in [0.3, 0.4) is 0 Å². The van der Waals surface area contributed by atoms with E-state index in [1.54, 1.807) is 52.1 Å². The molecule has 0 aromatic heterocycles. The average molecular weight is 665 g/mol. The molecular weight excluding hydrogens is 622 g/mol. The molecule has 0 aliphatic heterocycles. The zero-order chi connectivity index (χ0) is 34.9. The van der Waals surface area contributed by atoms with Gasteiger partial charge >= 0.3 is 12.4 Å². The number of halogens is 6. The minimum absolute atomic E-state index is 0.0159. The first-order valence-electron chi connectivity index (χ1n) is 14.7. The molecule has 0 aliphatic carbocycles. The van der Waals surface area contributed by atoms with E-state index in [1.807, 2.05) is 13.8 Å². The Hall–Kier alpha value is -3.36. The normalized spacial score (nSPS) is 14.5. The smallest absolute Gasteiger partial charge is 0.430 e. The second-order valence-electron chi connectivity index (χ2n) is 11.1. The summed E-state index contributed by atoms with van der Waals surface area (Å²) in [4.78, 5) is 26.7. The molecule has 2 unspecified atom stereocenters. The van der Waals surface area contributed by atoms with Crippen molar-refractivity contribution in [2.45, 2.75) is 89.5 Å². The number of amides is 2. The Labute approximate surface area is 265 Å². The summed E-state index contributed by atoms with van der Waals surface area (Å²) in [6, 6.07) is 8.86. The first-order chi connectivity index (χ1) is 21.4. The van der Waals surface area contributed by atoms with Crippen LogP contribution in [0, 0.1) is 0 Å². The number of rotatable bonds is 17. The third-order valence-corrected chi connectivity index (χ3v) is 7.62. The molecule has 0 radical (unpaired) electrons. The van der Waals surface area contributed by atoms with E-state index in [0.29, 0.717) is 36.6 Å². The molecule has 0 bridgehead atoms. The first-order valence-corrected chi connectivity index (χ1v) is 14.7. The molecule has 0 heterocycles. The van der Waals surface area contributed by atoms with E-state index in [9.17, 15) is 35.9 Å². The number of hydrogen-bond donors (Lipinski definition) is 1. The highest BCUT2D eigenvalue weighted by Gasteiger charge is 2.73. The van der Waals surface area contributed by atoms with Crippen LogP contribution in [0.5, 0.6) is 11.5 Å². The molecule has 46 heavy (non-hydrogen) atoms. The van der Waals surface area contributed by atoms with Crippen LogP contribution in [0.25, 0.3) is 0 Å². The van der Waals surface area contributed by atoms with Gasteiger partial charge in [0.1, 0.15) is 23.8 Å². The van der Waals surface area contributed by atoms with Gasteiger partial charge in [-0.15, -0.1) is 0 Å². The predicted molar refractivity (Wildman–Crippen MR) is 158 cm³/mol. The Bertz CT molecular complexity index is 1270. The number of imide groups is 1. The molecule has 8 nitrogen and oxygen atoms in total. The Balaban J connectivity index is 2.17. The van der Waals surface area contributed by atoms with Gasteiger partial charge in [0.15, 0.2) is 0 Å². The van der Waals surface area contributed by atoms with Crippen LogP contribution in [0.2, 0.25) is 0 Å². The molecule has 14 heteroatoms. The fourth-order valence-corrected chi connectivity index (χ4v) is 4.92. The lowest BCUT2D eigenvalue weighted by atomic mass is 9.89. The van der Waals surface area contributed by atoms with Crippen molar-refractivity contribution in [3.8, 4) is 11.5 Å². The lowest BCUT2D eigenvalue weighted by molar-refractivity contribution is -0.400. The number of nitrogens with one attached hydrogen (secondary N) is 1. The van der Waals surface area contributed by atoms with Crippen LogP contribution in [0.4, 0.5) is 26.3 Å². The SMILES string of the molecule is CCc1cc(C(OCOC)(C(F)(F)F)C(F)(F)F)ccc1OCCCC(C)N(C=O)C(=O)C(C)(NC)c1ccc(OC(C)C)cc1. The summed E-state index contributed by atoms with van der Waals surface area (Å²) in [5.74, 6) is 0.235. The number of ether oxygens (including phenoxy) is 4. The molecule has 0 spiro atoms. The Morgan fingerprint density at radius 3 is 2.04 bits per heavy atom. The summed E-state index contributed by atoms with van der Waals surface area (Å²) >= 11 is 0. The maximum absolute atomic E-state index is 13.9. The highest BCUT2D eigenvalue weighted by atomic mass is 19.4. The molecule has 2 atom stereocenters. The highest BCUT2D eigenvalue weighted by Crippen LogP contribution is 2.53. The monoisotopic (exact) mass is 664 g/mol. The van der Waals surface area contributed by atoms with Crippen molar-refractivity contribution < 1.29 is 54.9 Å². The van der Waals surface area contributed by atoms with Crippen LogP contribution < -0.4 is 14.8 Å².